The lowest BCUT2D eigenvalue weighted by atomic mass is 10.2. The second kappa shape index (κ2) is 5.13. The molecule has 2 rings (SSSR count). The molecular weight excluding hydrogens is 259 g/mol. The largest absolute Gasteiger partial charge is 0.437 e. The molecule has 100 valence electrons. The summed E-state index contributed by atoms with van der Waals surface area (Å²) in [6.07, 6.45) is -1.48. The molecule has 2 aromatic rings. The number of hydrogen-bond donors (Lipinski definition) is 1. The third-order valence-electron chi connectivity index (χ3n) is 2.27. The Hall–Kier alpha value is -2.31. The molecule has 7 heteroatoms. The molecule has 0 spiro atoms. The molecule has 1 heterocycles. The smallest absolute Gasteiger partial charge is 0.416 e. The van der Waals surface area contributed by atoms with Crippen LogP contribution >= 0.6 is 0 Å². The van der Waals surface area contributed by atoms with E-state index in [1.54, 1.807) is 7.05 Å². The van der Waals surface area contributed by atoms with E-state index in [9.17, 15) is 13.2 Å². The summed E-state index contributed by atoms with van der Waals surface area (Å²) in [5.74, 6) is 0.964. The number of ether oxygens (including phenoxy) is 1. The summed E-state index contributed by atoms with van der Waals surface area (Å²) in [6.45, 7) is 0. The van der Waals surface area contributed by atoms with Crippen molar-refractivity contribution in [2.75, 3.05) is 12.4 Å². The Morgan fingerprint density at radius 2 is 1.79 bits per heavy atom. The van der Waals surface area contributed by atoms with E-state index in [4.69, 9.17) is 4.74 Å². The lowest BCUT2D eigenvalue weighted by molar-refractivity contribution is -0.137. The standard InChI is InChI=1S/C12H10F3N3O/c1-16-10-6-17-7-11(18-10)19-9-4-2-8(3-5-9)12(13,14)15/h2-7H,1H3,(H,16,18). The molecule has 1 aromatic heterocycles. The fraction of sp³-hybridized carbons (Fsp3) is 0.167. The van der Waals surface area contributed by atoms with Crippen LogP contribution in [0.2, 0.25) is 0 Å². The maximum atomic E-state index is 12.4. The zero-order valence-corrected chi connectivity index (χ0v) is 9.90. The number of hydrogen-bond acceptors (Lipinski definition) is 4. The van der Waals surface area contributed by atoms with Gasteiger partial charge in [-0.2, -0.15) is 18.2 Å². The van der Waals surface area contributed by atoms with E-state index in [0.717, 1.165) is 12.1 Å². The van der Waals surface area contributed by atoms with Crippen molar-refractivity contribution in [3.05, 3.63) is 42.2 Å². The fourth-order valence-electron chi connectivity index (χ4n) is 1.35. The van der Waals surface area contributed by atoms with Gasteiger partial charge < -0.3 is 10.1 Å². The Balaban J connectivity index is 2.15. The first-order chi connectivity index (χ1) is 8.99. The summed E-state index contributed by atoms with van der Waals surface area (Å²) in [5, 5.41) is 2.78. The highest BCUT2D eigenvalue weighted by molar-refractivity contribution is 5.35. The molecular formula is C12H10F3N3O. The van der Waals surface area contributed by atoms with Crippen molar-refractivity contribution in [3.8, 4) is 11.6 Å². The Morgan fingerprint density at radius 1 is 1.11 bits per heavy atom. The van der Waals surface area contributed by atoms with Crippen molar-refractivity contribution in [3.63, 3.8) is 0 Å². The lowest BCUT2D eigenvalue weighted by Crippen LogP contribution is -2.04. The highest BCUT2D eigenvalue weighted by Crippen LogP contribution is 2.31. The van der Waals surface area contributed by atoms with Crippen molar-refractivity contribution < 1.29 is 17.9 Å². The number of benzene rings is 1. The second-order valence-corrected chi connectivity index (χ2v) is 3.62. The summed E-state index contributed by atoms with van der Waals surface area (Å²) < 4.78 is 42.4. The van der Waals surface area contributed by atoms with Gasteiger partial charge in [-0.1, -0.05) is 0 Å². The normalized spacial score (nSPS) is 11.2. The highest BCUT2D eigenvalue weighted by Gasteiger charge is 2.30. The lowest BCUT2D eigenvalue weighted by Gasteiger charge is -2.08. The molecule has 0 aliphatic heterocycles. The average Bonchev–Trinajstić information content (AvgIpc) is 2.38. The number of halogens is 3. The highest BCUT2D eigenvalue weighted by atomic mass is 19.4. The molecule has 0 bridgehead atoms. The number of rotatable bonds is 3. The summed E-state index contributed by atoms with van der Waals surface area (Å²) in [5.41, 5.74) is -0.727. The first-order valence-corrected chi connectivity index (χ1v) is 5.34. The molecule has 0 atom stereocenters. The number of anilines is 1. The van der Waals surface area contributed by atoms with Gasteiger partial charge in [0.25, 0.3) is 0 Å². The average molecular weight is 269 g/mol. The van der Waals surface area contributed by atoms with Crippen molar-refractivity contribution in [2.24, 2.45) is 0 Å². The molecule has 0 aliphatic rings. The van der Waals surface area contributed by atoms with E-state index in [0.29, 0.717) is 5.82 Å². The molecule has 0 fully saturated rings. The van der Waals surface area contributed by atoms with Gasteiger partial charge in [0.15, 0.2) is 0 Å². The van der Waals surface area contributed by atoms with Crippen molar-refractivity contribution in [2.45, 2.75) is 6.18 Å². The van der Waals surface area contributed by atoms with E-state index in [-0.39, 0.29) is 11.6 Å². The summed E-state index contributed by atoms with van der Waals surface area (Å²) in [4.78, 5) is 7.92. The van der Waals surface area contributed by atoms with Gasteiger partial charge in [0, 0.05) is 7.05 Å². The molecule has 4 nitrogen and oxygen atoms in total. The van der Waals surface area contributed by atoms with Crippen LogP contribution in [0.25, 0.3) is 0 Å². The Morgan fingerprint density at radius 3 is 2.37 bits per heavy atom. The minimum absolute atomic E-state index is 0.201. The number of nitrogens with zero attached hydrogens (tertiary/aromatic N) is 2. The third-order valence-corrected chi connectivity index (χ3v) is 2.27. The Bertz CT molecular complexity index is 555. The van der Waals surface area contributed by atoms with Gasteiger partial charge in [-0.05, 0) is 24.3 Å². The van der Waals surface area contributed by atoms with Gasteiger partial charge in [0.05, 0.1) is 18.0 Å². The topological polar surface area (TPSA) is 47.0 Å². The third kappa shape index (κ3) is 3.34. The zero-order chi connectivity index (χ0) is 13.9. The maximum absolute atomic E-state index is 12.4. The van der Waals surface area contributed by atoms with E-state index < -0.39 is 11.7 Å². The molecule has 0 unspecified atom stereocenters. The van der Waals surface area contributed by atoms with Crippen molar-refractivity contribution in [1.82, 2.24) is 9.97 Å². The van der Waals surface area contributed by atoms with Crippen LogP contribution < -0.4 is 10.1 Å². The van der Waals surface area contributed by atoms with E-state index in [2.05, 4.69) is 15.3 Å². The van der Waals surface area contributed by atoms with Crippen LogP contribution in [0.5, 0.6) is 11.6 Å². The predicted molar refractivity (Wildman–Crippen MR) is 63.1 cm³/mol. The molecule has 0 aliphatic carbocycles. The Labute approximate surface area is 107 Å². The van der Waals surface area contributed by atoms with Crippen LogP contribution in [0.3, 0.4) is 0 Å². The van der Waals surface area contributed by atoms with Gasteiger partial charge >= 0.3 is 6.18 Å². The number of nitrogens with one attached hydrogen (secondary N) is 1. The molecule has 0 amide bonds. The second-order valence-electron chi connectivity index (χ2n) is 3.62. The van der Waals surface area contributed by atoms with E-state index >= 15 is 0 Å². The predicted octanol–water partition coefficient (Wildman–Crippen LogP) is 3.33. The molecule has 1 N–H and O–H groups in total. The van der Waals surface area contributed by atoms with Gasteiger partial charge in [-0.15, -0.1) is 0 Å². The van der Waals surface area contributed by atoms with E-state index in [1.807, 2.05) is 0 Å². The van der Waals surface area contributed by atoms with E-state index in [1.165, 1.54) is 24.5 Å². The fourth-order valence-corrected chi connectivity index (χ4v) is 1.35. The molecule has 19 heavy (non-hydrogen) atoms. The quantitative estimate of drug-likeness (QED) is 0.928. The minimum atomic E-state index is -4.36. The summed E-state index contributed by atoms with van der Waals surface area (Å²) in [6, 6.07) is 4.36. The van der Waals surface area contributed by atoms with Gasteiger partial charge in [-0.25, -0.2) is 0 Å². The minimum Gasteiger partial charge on any atom is -0.437 e. The maximum Gasteiger partial charge on any atom is 0.416 e. The Kier molecular flexibility index (Phi) is 3.55. The van der Waals surface area contributed by atoms with Gasteiger partial charge in [0.1, 0.15) is 11.6 Å². The van der Waals surface area contributed by atoms with Crippen LogP contribution in [0, 0.1) is 0 Å². The van der Waals surface area contributed by atoms with Gasteiger partial charge in [-0.3, -0.25) is 4.98 Å². The zero-order valence-electron chi connectivity index (χ0n) is 9.90. The van der Waals surface area contributed by atoms with Crippen LogP contribution in [-0.2, 0) is 6.18 Å². The van der Waals surface area contributed by atoms with Crippen LogP contribution in [0.1, 0.15) is 5.56 Å². The van der Waals surface area contributed by atoms with Crippen molar-refractivity contribution in [1.29, 1.82) is 0 Å². The first-order valence-electron chi connectivity index (χ1n) is 5.34. The SMILES string of the molecule is CNc1cncc(Oc2ccc(C(F)(F)F)cc2)n1. The van der Waals surface area contributed by atoms with Crippen molar-refractivity contribution >= 4 is 5.82 Å². The van der Waals surface area contributed by atoms with Crippen LogP contribution in [0.4, 0.5) is 19.0 Å². The molecule has 0 saturated heterocycles. The molecule has 0 radical (unpaired) electrons. The van der Waals surface area contributed by atoms with Gasteiger partial charge in [0.2, 0.25) is 5.88 Å². The first kappa shape index (κ1) is 13.1. The monoisotopic (exact) mass is 269 g/mol. The summed E-state index contributed by atoms with van der Waals surface area (Å²) >= 11 is 0. The number of alkyl halides is 3. The molecule has 0 saturated carbocycles. The summed E-state index contributed by atoms with van der Waals surface area (Å²) in [7, 11) is 1.67. The number of aromatic nitrogens is 2. The molecule has 1 aromatic carbocycles. The van der Waals surface area contributed by atoms with Crippen LogP contribution in [0.15, 0.2) is 36.7 Å². The van der Waals surface area contributed by atoms with Crippen LogP contribution in [-0.4, -0.2) is 17.0 Å².